The van der Waals surface area contributed by atoms with E-state index in [-0.39, 0.29) is 11.9 Å². The molecule has 1 heterocycles. The Morgan fingerprint density at radius 1 is 1.25 bits per heavy atom. The van der Waals surface area contributed by atoms with Gasteiger partial charge in [-0.2, -0.15) is 10.2 Å². The van der Waals surface area contributed by atoms with E-state index < -0.39 is 0 Å². The summed E-state index contributed by atoms with van der Waals surface area (Å²) in [5.74, 6) is -0.223. The zero-order valence-electron chi connectivity index (χ0n) is 11.7. The molecule has 0 saturated heterocycles. The van der Waals surface area contributed by atoms with Crippen molar-refractivity contribution in [3.63, 3.8) is 0 Å². The molecule has 0 radical (unpaired) electrons. The summed E-state index contributed by atoms with van der Waals surface area (Å²) in [6.07, 6.45) is 0.681. The lowest BCUT2D eigenvalue weighted by molar-refractivity contribution is 0.574. The second kappa shape index (κ2) is 6.41. The van der Waals surface area contributed by atoms with Crippen molar-refractivity contribution in [1.29, 1.82) is 0 Å². The average Bonchev–Trinajstić information content (AvgIpc) is 2.42. The zero-order valence-corrected chi connectivity index (χ0v) is 13.3. The fourth-order valence-corrected chi connectivity index (χ4v) is 2.62. The summed E-state index contributed by atoms with van der Waals surface area (Å²) in [4.78, 5) is 0. The highest BCUT2D eigenvalue weighted by molar-refractivity contribution is 9.10. The molecule has 20 heavy (non-hydrogen) atoms. The van der Waals surface area contributed by atoms with Gasteiger partial charge in [0.05, 0.1) is 11.4 Å². The predicted molar refractivity (Wildman–Crippen MR) is 81.1 cm³/mol. The van der Waals surface area contributed by atoms with Gasteiger partial charge in [-0.05, 0) is 62.7 Å². The smallest absolute Gasteiger partial charge is 0.123 e. The van der Waals surface area contributed by atoms with Crippen LogP contribution in [0.2, 0.25) is 0 Å². The summed E-state index contributed by atoms with van der Waals surface area (Å²) in [5.41, 5.74) is 3.79. The number of aryl methyl sites for hydroxylation is 2. The summed E-state index contributed by atoms with van der Waals surface area (Å²) in [7, 11) is 1.90. The van der Waals surface area contributed by atoms with Gasteiger partial charge in [-0.15, -0.1) is 0 Å². The molecule has 1 N–H and O–H groups in total. The van der Waals surface area contributed by atoms with Crippen molar-refractivity contribution >= 4 is 15.9 Å². The van der Waals surface area contributed by atoms with Crippen LogP contribution in [-0.2, 0) is 6.42 Å². The van der Waals surface area contributed by atoms with Gasteiger partial charge in [0.1, 0.15) is 5.82 Å². The molecule has 0 amide bonds. The molecule has 2 aromatic rings. The van der Waals surface area contributed by atoms with Crippen molar-refractivity contribution in [2.24, 2.45) is 0 Å². The Hall–Kier alpha value is -1.33. The highest BCUT2D eigenvalue weighted by atomic mass is 79.9. The molecule has 3 nitrogen and oxygen atoms in total. The molecule has 1 atom stereocenters. The van der Waals surface area contributed by atoms with E-state index in [1.54, 1.807) is 12.1 Å². The SMILES string of the molecule is CNC(Cc1cc(F)ccc1Br)c1cc(C)nnc1C. The topological polar surface area (TPSA) is 37.8 Å². The first-order valence-electron chi connectivity index (χ1n) is 6.43. The summed E-state index contributed by atoms with van der Waals surface area (Å²) < 4.78 is 14.3. The molecular weight excluding hydrogens is 321 g/mol. The first kappa shape index (κ1) is 15.1. The molecular formula is C15H17BrFN3. The highest BCUT2D eigenvalue weighted by Gasteiger charge is 2.16. The van der Waals surface area contributed by atoms with E-state index in [1.807, 2.05) is 27.0 Å². The molecule has 0 aliphatic rings. The molecule has 1 unspecified atom stereocenters. The molecule has 0 fully saturated rings. The van der Waals surface area contributed by atoms with Crippen molar-refractivity contribution in [3.05, 3.63) is 57.1 Å². The molecule has 0 saturated carbocycles. The zero-order chi connectivity index (χ0) is 14.7. The van der Waals surface area contributed by atoms with Gasteiger partial charge in [0, 0.05) is 10.5 Å². The number of hydrogen-bond donors (Lipinski definition) is 1. The lowest BCUT2D eigenvalue weighted by Gasteiger charge is -2.19. The molecule has 1 aromatic heterocycles. The maximum Gasteiger partial charge on any atom is 0.123 e. The second-order valence-corrected chi connectivity index (χ2v) is 5.66. The Morgan fingerprint density at radius 2 is 2.00 bits per heavy atom. The van der Waals surface area contributed by atoms with E-state index >= 15 is 0 Å². The minimum Gasteiger partial charge on any atom is -0.313 e. The minimum absolute atomic E-state index is 0.0716. The number of likely N-dealkylation sites (N-methyl/N-ethyl adjacent to an activating group) is 1. The first-order valence-corrected chi connectivity index (χ1v) is 7.22. The van der Waals surface area contributed by atoms with Crippen molar-refractivity contribution < 1.29 is 4.39 Å². The van der Waals surface area contributed by atoms with Gasteiger partial charge in [-0.1, -0.05) is 15.9 Å². The molecule has 0 aliphatic heterocycles. The first-order chi connectivity index (χ1) is 9.51. The molecule has 0 aliphatic carbocycles. The van der Waals surface area contributed by atoms with Crippen LogP contribution in [0, 0.1) is 19.7 Å². The van der Waals surface area contributed by atoms with Crippen LogP contribution in [0.3, 0.4) is 0 Å². The minimum atomic E-state index is -0.223. The normalized spacial score (nSPS) is 12.4. The number of rotatable bonds is 4. The standard InChI is InChI=1S/C15H17BrFN3/c1-9-6-13(10(2)20-19-9)15(18-3)8-11-7-12(17)4-5-14(11)16/h4-7,15,18H,8H2,1-3H3. The number of nitrogens with zero attached hydrogens (tertiary/aromatic N) is 2. The fraction of sp³-hybridized carbons (Fsp3) is 0.333. The largest absolute Gasteiger partial charge is 0.313 e. The molecule has 0 spiro atoms. The Balaban J connectivity index is 2.33. The van der Waals surface area contributed by atoms with Gasteiger partial charge in [-0.3, -0.25) is 0 Å². The van der Waals surface area contributed by atoms with Crippen LogP contribution in [0.1, 0.15) is 28.6 Å². The average molecular weight is 338 g/mol. The molecule has 1 aromatic carbocycles. The van der Waals surface area contributed by atoms with Gasteiger partial charge in [0.25, 0.3) is 0 Å². The maximum absolute atomic E-state index is 13.4. The van der Waals surface area contributed by atoms with Crippen molar-refractivity contribution in [3.8, 4) is 0 Å². The third-order valence-corrected chi connectivity index (χ3v) is 4.07. The van der Waals surface area contributed by atoms with E-state index in [0.29, 0.717) is 6.42 Å². The monoisotopic (exact) mass is 337 g/mol. The van der Waals surface area contributed by atoms with Gasteiger partial charge >= 0.3 is 0 Å². The fourth-order valence-electron chi connectivity index (χ4n) is 2.21. The third-order valence-electron chi connectivity index (χ3n) is 3.30. The molecule has 0 bridgehead atoms. The van der Waals surface area contributed by atoms with Gasteiger partial charge in [-0.25, -0.2) is 4.39 Å². The van der Waals surface area contributed by atoms with Crippen LogP contribution in [0.25, 0.3) is 0 Å². The second-order valence-electron chi connectivity index (χ2n) is 4.81. The van der Waals surface area contributed by atoms with Crippen LogP contribution in [0.5, 0.6) is 0 Å². The van der Waals surface area contributed by atoms with E-state index in [4.69, 9.17) is 0 Å². The third kappa shape index (κ3) is 3.41. The molecule has 106 valence electrons. The summed E-state index contributed by atoms with van der Waals surface area (Å²) in [6, 6.07) is 6.84. The van der Waals surface area contributed by atoms with Gasteiger partial charge in [0.15, 0.2) is 0 Å². The van der Waals surface area contributed by atoms with E-state index in [1.165, 1.54) is 6.07 Å². The van der Waals surface area contributed by atoms with Crippen LogP contribution in [0.15, 0.2) is 28.7 Å². The number of hydrogen-bond acceptors (Lipinski definition) is 3. The lowest BCUT2D eigenvalue weighted by Crippen LogP contribution is -2.21. The van der Waals surface area contributed by atoms with E-state index in [0.717, 1.165) is 27.0 Å². The van der Waals surface area contributed by atoms with Crippen molar-refractivity contribution in [2.75, 3.05) is 7.05 Å². The quantitative estimate of drug-likeness (QED) is 0.927. The molecule has 2 rings (SSSR count). The van der Waals surface area contributed by atoms with Crippen LogP contribution in [0.4, 0.5) is 4.39 Å². The Kier molecular flexibility index (Phi) is 4.83. The maximum atomic E-state index is 13.4. The van der Waals surface area contributed by atoms with Gasteiger partial charge in [0.2, 0.25) is 0 Å². The van der Waals surface area contributed by atoms with Crippen molar-refractivity contribution in [2.45, 2.75) is 26.3 Å². The number of aromatic nitrogens is 2. The molecule has 5 heteroatoms. The van der Waals surface area contributed by atoms with Crippen LogP contribution >= 0.6 is 15.9 Å². The number of halogens is 2. The Labute approximate surface area is 126 Å². The van der Waals surface area contributed by atoms with Crippen LogP contribution in [-0.4, -0.2) is 17.2 Å². The number of nitrogens with one attached hydrogen (secondary N) is 1. The Morgan fingerprint density at radius 3 is 2.70 bits per heavy atom. The summed E-state index contributed by atoms with van der Waals surface area (Å²) >= 11 is 3.47. The summed E-state index contributed by atoms with van der Waals surface area (Å²) in [5, 5.41) is 11.5. The van der Waals surface area contributed by atoms with Crippen molar-refractivity contribution in [1.82, 2.24) is 15.5 Å². The number of benzene rings is 1. The van der Waals surface area contributed by atoms with Crippen LogP contribution < -0.4 is 5.32 Å². The summed E-state index contributed by atoms with van der Waals surface area (Å²) in [6.45, 7) is 3.85. The predicted octanol–water partition coefficient (Wildman–Crippen LogP) is 3.50. The van der Waals surface area contributed by atoms with E-state index in [2.05, 4.69) is 31.4 Å². The van der Waals surface area contributed by atoms with Gasteiger partial charge < -0.3 is 5.32 Å². The highest BCUT2D eigenvalue weighted by Crippen LogP contribution is 2.25. The van der Waals surface area contributed by atoms with E-state index in [9.17, 15) is 4.39 Å². The lowest BCUT2D eigenvalue weighted by atomic mass is 9.98. The Bertz CT molecular complexity index is 616.